The van der Waals surface area contributed by atoms with Gasteiger partial charge < -0.3 is 14.5 Å². The number of nitrogens with zero attached hydrogens (tertiary/aromatic N) is 3. The van der Waals surface area contributed by atoms with Crippen molar-refractivity contribution in [1.29, 1.82) is 0 Å². The molecule has 0 radical (unpaired) electrons. The first-order valence-corrected chi connectivity index (χ1v) is 9.13. The maximum atomic E-state index is 13.7. The van der Waals surface area contributed by atoms with Gasteiger partial charge in [0.05, 0.1) is 9.95 Å². The van der Waals surface area contributed by atoms with Gasteiger partial charge in [-0.25, -0.2) is 9.18 Å². The molecule has 2 aromatic carbocycles. The summed E-state index contributed by atoms with van der Waals surface area (Å²) < 4.78 is 18.6. The number of hydrogen-bond donors (Lipinski definition) is 0. The summed E-state index contributed by atoms with van der Waals surface area (Å²) in [6.07, 6.45) is 0. The molecule has 3 rings (SSSR count). The second-order valence-electron chi connectivity index (χ2n) is 6.31. The van der Waals surface area contributed by atoms with E-state index in [2.05, 4.69) is 0 Å². The van der Waals surface area contributed by atoms with Crippen LogP contribution in [0.25, 0.3) is 0 Å². The Morgan fingerprint density at radius 3 is 2.34 bits per heavy atom. The average Bonchev–Trinajstić information content (AvgIpc) is 2.72. The van der Waals surface area contributed by atoms with Crippen LogP contribution in [0.2, 0.25) is 5.02 Å². The Balaban J connectivity index is 1.51. The van der Waals surface area contributed by atoms with Crippen molar-refractivity contribution in [1.82, 2.24) is 4.90 Å². The van der Waals surface area contributed by atoms with Gasteiger partial charge >= 0.3 is 5.97 Å². The minimum absolute atomic E-state index is 0.0133. The van der Waals surface area contributed by atoms with Gasteiger partial charge in [-0.15, -0.1) is 0 Å². The molecular weight excluding hydrogens is 405 g/mol. The van der Waals surface area contributed by atoms with Crippen LogP contribution in [0.15, 0.2) is 42.5 Å². The number of esters is 1. The molecule has 29 heavy (non-hydrogen) atoms. The van der Waals surface area contributed by atoms with Gasteiger partial charge in [0.25, 0.3) is 11.6 Å². The lowest BCUT2D eigenvalue weighted by molar-refractivity contribution is -0.384. The Morgan fingerprint density at radius 1 is 1.10 bits per heavy atom. The molecule has 1 aliphatic heterocycles. The van der Waals surface area contributed by atoms with E-state index >= 15 is 0 Å². The molecule has 1 amide bonds. The van der Waals surface area contributed by atoms with Gasteiger partial charge in [0, 0.05) is 44.0 Å². The first-order valence-electron chi connectivity index (χ1n) is 8.75. The monoisotopic (exact) mass is 421 g/mol. The van der Waals surface area contributed by atoms with E-state index in [1.807, 2.05) is 4.90 Å². The Hall–Kier alpha value is -3.20. The van der Waals surface area contributed by atoms with Crippen LogP contribution < -0.4 is 4.90 Å². The standard InChI is InChI=1S/C19H17ClFN3O5/c20-15-2-1-3-16(21)18(15)19(26)29-12-17(25)23-10-8-22(9-11-23)13-4-6-14(7-5-13)24(27)28/h1-7H,8-12H2. The summed E-state index contributed by atoms with van der Waals surface area (Å²) in [5.41, 5.74) is 0.438. The summed E-state index contributed by atoms with van der Waals surface area (Å²) in [4.78, 5) is 38.1. The van der Waals surface area contributed by atoms with Crippen LogP contribution in [0.5, 0.6) is 0 Å². The molecule has 0 saturated carbocycles. The number of carbonyl (C=O) groups excluding carboxylic acids is 2. The Morgan fingerprint density at radius 2 is 1.76 bits per heavy atom. The van der Waals surface area contributed by atoms with Crippen LogP contribution in [0.3, 0.4) is 0 Å². The number of piperazine rings is 1. The van der Waals surface area contributed by atoms with E-state index < -0.39 is 34.8 Å². The molecule has 1 saturated heterocycles. The molecular formula is C19H17ClFN3O5. The molecule has 152 valence electrons. The van der Waals surface area contributed by atoms with Crippen molar-refractivity contribution in [3.05, 3.63) is 69.0 Å². The van der Waals surface area contributed by atoms with Crippen LogP contribution in [-0.4, -0.2) is 54.5 Å². The maximum Gasteiger partial charge on any atom is 0.343 e. The third-order valence-electron chi connectivity index (χ3n) is 4.55. The quantitative estimate of drug-likeness (QED) is 0.418. The topological polar surface area (TPSA) is 93.0 Å². The molecule has 0 atom stereocenters. The lowest BCUT2D eigenvalue weighted by atomic mass is 10.2. The maximum absolute atomic E-state index is 13.7. The van der Waals surface area contributed by atoms with Crippen molar-refractivity contribution in [2.75, 3.05) is 37.7 Å². The number of nitro groups is 1. The van der Waals surface area contributed by atoms with E-state index in [4.69, 9.17) is 16.3 Å². The number of hydrogen-bond acceptors (Lipinski definition) is 6. The van der Waals surface area contributed by atoms with E-state index in [0.717, 1.165) is 11.8 Å². The number of anilines is 1. The van der Waals surface area contributed by atoms with Crippen molar-refractivity contribution in [3.8, 4) is 0 Å². The summed E-state index contributed by atoms with van der Waals surface area (Å²) in [6, 6.07) is 10.00. The average molecular weight is 422 g/mol. The zero-order chi connectivity index (χ0) is 21.0. The molecule has 0 spiro atoms. The highest BCUT2D eigenvalue weighted by molar-refractivity contribution is 6.33. The van der Waals surface area contributed by atoms with Crippen LogP contribution >= 0.6 is 11.6 Å². The van der Waals surface area contributed by atoms with E-state index in [9.17, 15) is 24.1 Å². The van der Waals surface area contributed by atoms with Crippen molar-refractivity contribution in [2.24, 2.45) is 0 Å². The molecule has 0 unspecified atom stereocenters. The molecule has 0 aromatic heterocycles. The molecule has 0 N–H and O–H groups in total. The van der Waals surface area contributed by atoms with Gasteiger partial charge in [-0.2, -0.15) is 0 Å². The third kappa shape index (κ3) is 4.80. The van der Waals surface area contributed by atoms with E-state index in [0.29, 0.717) is 26.2 Å². The summed E-state index contributed by atoms with van der Waals surface area (Å²) in [7, 11) is 0. The van der Waals surface area contributed by atoms with Gasteiger partial charge in [0.15, 0.2) is 6.61 Å². The third-order valence-corrected chi connectivity index (χ3v) is 4.87. The molecule has 8 nitrogen and oxygen atoms in total. The first kappa shape index (κ1) is 20.5. The minimum atomic E-state index is -0.994. The zero-order valence-corrected chi connectivity index (χ0v) is 16.0. The molecule has 2 aromatic rings. The highest BCUT2D eigenvalue weighted by atomic mass is 35.5. The van der Waals surface area contributed by atoms with Crippen molar-refractivity contribution < 1.29 is 23.6 Å². The number of carbonyl (C=O) groups is 2. The molecule has 0 bridgehead atoms. The van der Waals surface area contributed by atoms with Crippen molar-refractivity contribution in [2.45, 2.75) is 0 Å². The second-order valence-corrected chi connectivity index (χ2v) is 6.72. The fourth-order valence-corrected chi connectivity index (χ4v) is 3.22. The van der Waals surface area contributed by atoms with Gasteiger partial charge in [0.1, 0.15) is 11.4 Å². The van der Waals surface area contributed by atoms with Gasteiger partial charge in [-0.3, -0.25) is 14.9 Å². The normalized spacial score (nSPS) is 13.9. The van der Waals surface area contributed by atoms with Gasteiger partial charge in [-0.1, -0.05) is 17.7 Å². The highest BCUT2D eigenvalue weighted by Gasteiger charge is 2.24. The zero-order valence-electron chi connectivity index (χ0n) is 15.2. The van der Waals surface area contributed by atoms with Crippen LogP contribution in [0.4, 0.5) is 15.8 Å². The Labute approximate surface area is 170 Å². The molecule has 0 aliphatic carbocycles. The molecule has 1 heterocycles. The van der Waals surface area contributed by atoms with Crippen LogP contribution in [0.1, 0.15) is 10.4 Å². The minimum Gasteiger partial charge on any atom is -0.452 e. The number of amides is 1. The van der Waals surface area contributed by atoms with Crippen LogP contribution in [0, 0.1) is 15.9 Å². The van der Waals surface area contributed by atoms with E-state index in [1.165, 1.54) is 29.2 Å². The summed E-state index contributed by atoms with van der Waals surface area (Å²) in [5.74, 6) is -2.20. The molecule has 1 aliphatic rings. The lowest BCUT2D eigenvalue weighted by Gasteiger charge is -2.36. The summed E-state index contributed by atoms with van der Waals surface area (Å²) in [5, 5.41) is 10.6. The number of halogens is 2. The fraction of sp³-hybridized carbons (Fsp3) is 0.263. The number of non-ortho nitro benzene ring substituents is 1. The second kappa shape index (κ2) is 8.87. The fourth-order valence-electron chi connectivity index (χ4n) is 2.98. The molecule has 1 fully saturated rings. The lowest BCUT2D eigenvalue weighted by Crippen LogP contribution is -2.49. The van der Waals surface area contributed by atoms with E-state index in [1.54, 1.807) is 12.1 Å². The van der Waals surface area contributed by atoms with Crippen molar-refractivity contribution >= 4 is 34.9 Å². The summed E-state index contributed by atoms with van der Waals surface area (Å²) in [6.45, 7) is 1.33. The Kier molecular flexibility index (Phi) is 6.28. The van der Waals surface area contributed by atoms with Crippen molar-refractivity contribution in [3.63, 3.8) is 0 Å². The Bertz CT molecular complexity index is 910. The predicted molar refractivity (Wildman–Crippen MR) is 104 cm³/mol. The SMILES string of the molecule is O=C(OCC(=O)N1CCN(c2ccc([N+](=O)[O-])cc2)CC1)c1c(F)cccc1Cl. The molecule has 10 heteroatoms. The van der Waals surface area contributed by atoms with Crippen LogP contribution in [-0.2, 0) is 9.53 Å². The smallest absolute Gasteiger partial charge is 0.343 e. The largest absolute Gasteiger partial charge is 0.452 e. The number of rotatable bonds is 5. The van der Waals surface area contributed by atoms with Gasteiger partial charge in [-0.05, 0) is 24.3 Å². The summed E-state index contributed by atoms with van der Waals surface area (Å²) >= 11 is 5.81. The first-order chi connectivity index (χ1) is 13.9. The predicted octanol–water partition coefficient (Wildman–Crippen LogP) is 2.89. The highest BCUT2D eigenvalue weighted by Crippen LogP contribution is 2.21. The number of nitro benzene ring substituents is 1. The van der Waals surface area contributed by atoms with Gasteiger partial charge in [0.2, 0.25) is 0 Å². The van der Waals surface area contributed by atoms with E-state index in [-0.39, 0.29) is 10.7 Å². The number of ether oxygens (including phenoxy) is 1. The number of benzene rings is 2.